The first-order valence-corrected chi connectivity index (χ1v) is 5.13. The van der Waals surface area contributed by atoms with E-state index < -0.39 is 5.97 Å². The minimum Gasteiger partial charge on any atom is -0.481 e. The summed E-state index contributed by atoms with van der Waals surface area (Å²) in [6.07, 6.45) is 1.41. The van der Waals surface area contributed by atoms with E-state index in [1.165, 1.54) is 10.9 Å². The van der Waals surface area contributed by atoms with Gasteiger partial charge in [0.05, 0.1) is 6.42 Å². The lowest BCUT2D eigenvalue weighted by atomic mass is 10.2. The monoisotopic (exact) mass is 225 g/mol. The van der Waals surface area contributed by atoms with Crippen LogP contribution in [0.1, 0.15) is 26.0 Å². The number of aryl methyl sites for hydroxylation is 1. The number of aliphatic carboxylic acids is 1. The molecule has 0 saturated heterocycles. The zero-order chi connectivity index (χ0) is 12.1. The van der Waals surface area contributed by atoms with Crippen LogP contribution in [0.5, 0.6) is 0 Å². The van der Waals surface area contributed by atoms with E-state index in [1.807, 2.05) is 13.8 Å². The van der Waals surface area contributed by atoms with Crippen LogP contribution in [0.4, 0.5) is 0 Å². The van der Waals surface area contributed by atoms with E-state index in [0.29, 0.717) is 12.5 Å². The molecule has 0 saturated carbocycles. The molecule has 16 heavy (non-hydrogen) atoms. The Hall–Kier alpha value is -1.72. The summed E-state index contributed by atoms with van der Waals surface area (Å²) in [6, 6.07) is 0. The molecular formula is C10H15N3O3. The molecule has 1 heterocycles. The van der Waals surface area contributed by atoms with Crippen molar-refractivity contribution in [2.45, 2.75) is 33.2 Å². The number of hydrogen-bond acceptors (Lipinski definition) is 4. The minimum absolute atomic E-state index is 0.102. The Morgan fingerprint density at radius 3 is 2.81 bits per heavy atom. The molecule has 0 aliphatic heterocycles. The van der Waals surface area contributed by atoms with Crippen LogP contribution in [-0.4, -0.2) is 25.8 Å². The maximum absolute atomic E-state index is 11.8. The van der Waals surface area contributed by atoms with Crippen LogP contribution in [0.25, 0.3) is 0 Å². The fraction of sp³-hybridized carbons (Fsp3) is 0.600. The van der Waals surface area contributed by atoms with Gasteiger partial charge in [-0.2, -0.15) is 0 Å². The lowest BCUT2D eigenvalue weighted by Gasteiger charge is -2.08. The molecule has 0 aliphatic rings. The van der Waals surface area contributed by atoms with Crippen LogP contribution >= 0.6 is 0 Å². The smallest absolute Gasteiger partial charge is 0.303 e. The molecule has 0 spiro atoms. The van der Waals surface area contributed by atoms with Gasteiger partial charge in [-0.25, -0.2) is 0 Å². The van der Waals surface area contributed by atoms with Gasteiger partial charge in [0.1, 0.15) is 12.0 Å². The molecule has 0 aromatic carbocycles. The second-order valence-electron chi connectivity index (χ2n) is 4.02. The first-order valence-electron chi connectivity index (χ1n) is 5.13. The molecule has 1 aromatic heterocycles. The lowest BCUT2D eigenvalue weighted by Crippen LogP contribution is -2.27. The first-order chi connectivity index (χ1) is 7.50. The van der Waals surface area contributed by atoms with E-state index in [-0.39, 0.29) is 24.1 Å². The normalized spacial score (nSPS) is 10.7. The predicted octanol–water partition coefficient (Wildman–Crippen LogP) is 0.311. The maximum atomic E-state index is 11.8. The maximum Gasteiger partial charge on any atom is 0.303 e. The van der Waals surface area contributed by atoms with Crippen LogP contribution in [-0.2, 0) is 17.8 Å². The Morgan fingerprint density at radius 2 is 2.25 bits per heavy atom. The molecule has 6 heteroatoms. The molecule has 0 atom stereocenters. The fourth-order valence-corrected chi connectivity index (χ4v) is 1.32. The molecule has 0 fully saturated rings. The average molecular weight is 225 g/mol. The van der Waals surface area contributed by atoms with Gasteiger partial charge in [-0.15, -0.1) is 10.2 Å². The average Bonchev–Trinajstić information content (AvgIpc) is 2.18. The van der Waals surface area contributed by atoms with Gasteiger partial charge >= 0.3 is 5.97 Å². The Morgan fingerprint density at radius 1 is 1.56 bits per heavy atom. The van der Waals surface area contributed by atoms with Crippen molar-refractivity contribution in [3.05, 3.63) is 22.4 Å². The molecule has 6 nitrogen and oxygen atoms in total. The molecule has 0 aliphatic carbocycles. The van der Waals surface area contributed by atoms with Crippen LogP contribution in [0.2, 0.25) is 0 Å². The van der Waals surface area contributed by atoms with Crippen LogP contribution < -0.4 is 5.56 Å². The lowest BCUT2D eigenvalue weighted by molar-refractivity contribution is -0.136. The van der Waals surface area contributed by atoms with Gasteiger partial charge < -0.3 is 5.11 Å². The molecule has 0 unspecified atom stereocenters. The zero-order valence-corrected chi connectivity index (χ0v) is 9.38. The number of carboxylic acids is 1. The van der Waals surface area contributed by atoms with Crippen LogP contribution in [0, 0.1) is 5.92 Å². The summed E-state index contributed by atoms with van der Waals surface area (Å²) in [6.45, 7) is 4.54. The SMILES string of the molecule is CC(C)Cn1cnnc(CCC(=O)O)c1=O. The van der Waals surface area contributed by atoms with Gasteiger partial charge in [0.2, 0.25) is 0 Å². The molecular weight excluding hydrogens is 210 g/mol. The summed E-state index contributed by atoms with van der Waals surface area (Å²) in [5.74, 6) is -0.616. The predicted molar refractivity (Wildman–Crippen MR) is 57.1 cm³/mol. The van der Waals surface area contributed by atoms with E-state index in [4.69, 9.17) is 5.11 Å². The standard InChI is InChI=1S/C10H15N3O3/c1-7(2)5-13-6-11-12-8(10(13)16)3-4-9(14)15/h6-7H,3-5H2,1-2H3,(H,14,15). The summed E-state index contributed by atoms with van der Waals surface area (Å²) in [4.78, 5) is 22.2. The highest BCUT2D eigenvalue weighted by molar-refractivity contribution is 5.66. The topological polar surface area (TPSA) is 85.1 Å². The molecule has 1 N–H and O–H groups in total. The molecule has 0 amide bonds. The van der Waals surface area contributed by atoms with Crippen molar-refractivity contribution in [3.8, 4) is 0 Å². The third kappa shape index (κ3) is 3.45. The number of carboxylic acid groups (broad SMARTS) is 1. The van der Waals surface area contributed by atoms with Crippen molar-refractivity contribution in [2.75, 3.05) is 0 Å². The highest BCUT2D eigenvalue weighted by Gasteiger charge is 2.08. The van der Waals surface area contributed by atoms with Crippen LogP contribution in [0.15, 0.2) is 11.1 Å². The van der Waals surface area contributed by atoms with Gasteiger partial charge in [-0.05, 0) is 5.92 Å². The fourth-order valence-electron chi connectivity index (χ4n) is 1.32. The third-order valence-electron chi connectivity index (χ3n) is 2.01. The molecule has 1 aromatic rings. The summed E-state index contributed by atoms with van der Waals surface area (Å²) in [5.41, 5.74) is -0.0319. The number of nitrogens with zero attached hydrogens (tertiary/aromatic N) is 3. The van der Waals surface area contributed by atoms with E-state index in [2.05, 4.69) is 10.2 Å². The van der Waals surface area contributed by atoms with Gasteiger partial charge in [0.15, 0.2) is 0 Å². The molecule has 88 valence electrons. The van der Waals surface area contributed by atoms with Crippen molar-refractivity contribution >= 4 is 5.97 Å². The first kappa shape index (κ1) is 12.4. The quantitative estimate of drug-likeness (QED) is 0.779. The van der Waals surface area contributed by atoms with Gasteiger partial charge in [-0.3, -0.25) is 14.2 Å². The summed E-state index contributed by atoms with van der Waals surface area (Å²) in [7, 11) is 0. The Kier molecular flexibility index (Phi) is 4.16. The minimum atomic E-state index is -0.944. The zero-order valence-electron chi connectivity index (χ0n) is 9.38. The van der Waals surface area contributed by atoms with Gasteiger partial charge in [0.25, 0.3) is 5.56 Å². The van der Waals surface area contributed by atoms with E-state index in [9.17, 15) is 9.59 Å². The van der Waals surface area contributed by atoms with Crippen molar-refractivity contribution < 1.29 is 9.90 Å². The highest BCUT2D eigenvalue weighted by Crippen LogP contribution is 1.96. The van der Waals surface area contributed by atoms with E-state index >= 15 is 0 Å². The van der Waals surface area contributed by atoms with E-state index in [1.54, 1.807) is 0 Å². The number of rotatable bonds is 5. The van der Waals surface area contributed by atoms with Gasteiger partial charge in [0, 0.05) is 13.0 Å². The third-order valence-corrected chi connectivity index (χ3v) is 2.01. The second-order valence-corrected chi connectivity index (χ2v) is 4.02. The number of carbonyl (C=O) groups is 1. The summed E-state index contributed by atoms with van der Waals surface area (Å²) in [5, 5.41) is 15.9. The van der Waals surface area contributed by atoms with Crippen molar-refractivity contribution in [3.63, 3.8) is 0 Å². The second kappa shape index (κ2) is 5.39. The van der Waals surface area contributed by atoms with Gasteiger partial charge in [-0.1, -0.05) is 13.8 Å². The largest absolute Gasteiger partial charge is 0.481 e. The molecule has 0 radical (unpaired) electrons. The van der Waals surface area contributed by atoms with Crippen molar-refractivity contribution in [2.24, 2.45) is 5.92 Å². The summed E-state index contributed by atoms with van der Waals surface area (Å²) >= 11 is 0. The van der Waals surface area contributed by atoms with Crippen LogP contribution in [0.3, 0.4) is 0 Å². The van der Waals surface area contributed by atoms with E-state index in [0.717, 1.165) is 0 Å². The number of aromatic nitrogens is 3. The van der Waals surface area contributed by atoms with Crippen molar-refractivity contribution in [1.82, 2.24) is 14.8 Å². The highest BCUT2D eigenvalue weighted by atomic mass is 16.4. The molecule has 0 bridgehead atoms. The number of hydrogen-bond donors (Lipinski definition) is 1. The summed E-state index contributed by atoms with van der Waals surface area (Å²) < 4.78 is 1.47. The Bertz CT molecular complexity index is 426. The Balaban J connectivity index is 2.86. The molecule has 1 rings (SSSR count). The van der Waals surface area contributed by atoms with Crippen molar-refractivity contribution in [1.29, 1.82) is 0 Å². The Labute approximate surface area is 92.9 Å².